The van der Waals surface area contributed by atoms with Gasteiger partial charge in [-0.25, -0.2) is 4.98 Å². The van der Waals surface area contributed by atoms with Crippen LogP contribution in [0.4, 0.5) is 0 Å². The number of aryl methyl sites for hydroxylation is 1. The molecule has 4 rings (SSSR count). The highest BCUT2D eigenvalue weighted by Crippen LogP contribution is 2.28. The van der Waals surface area contributed by atoms with E-state index in [1.165, 1.54) is 5.56 Å². The van der Waals surface area contributed by atoms with Crippen molar-refractivity contribution in [3.63, 3.8) is 0 Å². The van der Waals surface area contributed by atoms with E-state index in [-0.39, 0.29) is 6.04 Å². The minimum absolute atomic E-state index is 0.0389. The molecule has 1 atom stereocenters. The normalized spacial score (nSPS) is 21.7. The fourth-order valence-corrected chi connectivity index (χ4v) is 4.33. The van der Waals surface area contributed by atoms with Crippen LogP contribution in [0.15, 0.2) is 30.3 Å². The first-order chi connectivity index (χ1) is 13.2. The van der Waals surface area contributed by atoms with Crippen molar-refractivity contribution in [3.8, 4) is 0 Å². The number of H-pyrrole nitrogens is 1. The van der Waals surface area contributed by atoms with Gasteiger partial charge in [-0.3, -0.25) is 14.8 Å². The van der Waals surface area contributed by atoms with Crippen molar-refractivity contribution in [2.24, 2.45) is 0 Å². The molecule has 0 aliphatic carbocycles. The summed E-state index contributed by atoms with van der Waals surface area (Å²) in [6.45, 7) is 5.59. The predicted octanol–water partition coefficient (Wildman–Crippen LogP) is 2.74. The third kappa shape index (κ3) is 4.05. The minimum atomic E-state index is 0.0389. The second kappa shape index (κ2) is 8.21. The summed E-state index contributed by atoms with van der Waals surface area (Å²) >= 11 is 0. The Morgan fingerprint density at radius 2 is 1.93 bits per heavy atom. The second-order valence-corrected chi connectivity index (χ2v) is 7.71. The van der Waals surface area contributed by atoms with Crippen molar-refractivity contribution in [3.05, 3.63) is 47.5 Å². The summed E-state index contributed by atoms with van der Waals surface area (Å²) in [6, 6.07) is 10.5. The van der Waals surface area contributed by atoms with E-state index in [1.54, 1.807) is 0 Å². The Labute approximate surface area is 161 Å². The molecule has 6 heteroatoms. The molecule has 2 fully saturated rings. The molecule has 1 N–H and O–H groups in total. The summed E-state index contributed by atoms with van der Waals surface area (Å²) in [5.41, 5.74) is 1.28. The van der Waals surface area contributed by atoms with Crippen LogP contribution in [0.2, 0.25) is 0 Å². The number of nitrogens with one attached hydrogen (secondary N) is 1. The van der Waals surface area contributed by atoms with E-state index in [1.807, 2.05) is 6.07 Å². The highest BCUT2D eigenvalue weighted by molar-refractivity contribution is 5.82. The number of hydrogen-bond acceptors (Lipinski definition) is 4. The molecule has 0 saturated carbocycles. The van der Waals surface area contributed by atoms with Crippen LogP contribution in [-0.4, -0.2) is 56.6 Å². The number of aromatic amines is 1. The third-order valence-electron chi connectivity index (χ3n) is 5.93. The third-order valence-corrected chi connectivity index (χ3v) is 5.93. The van der Waals surface area contributed by atoms with Gasteiger partial charge in [0.15, 0.2) is 5.82 Å². The lowest BCUT2D eigenvalue weighted by Gasteiger charge is -2.35. The van der Waals surface area contributed by atoms with Crippen LogP contribution in [0.1, 0.15) is 55.7 Å². The van der Waals surface area contributed by atoms with Gasteiger partial charge in [0.05, 0.1) is 6.04 Å². The number of hydrogen-bond donors (Lipinski definition) is 1. The zero-order valence-corrected chi connectivity index (χ0v) is 16.1. The Balaban J connectivity index is 1.34. The van der Waals surface area contributed by atoms with E-state index in [9.17, 15) is 4.79 Å². The van der Waals surface area contributed by atoms with E-state index >= 15 is 0 Å². The number of piperidine rings is 1. The van der Waals surface area contributed by atoms with Gasteiger partial charge in [0.25, 0.3) is 0 Å². The van der Waals surface area contributed by atoms with Crippen LogP contribution in [-0.2, 0) is 17.8 Å². The SMILES string of the molecule is CCc1nc(C2CCN(C(=O)C3CCCN3Cc3ccccc3)CC2)n[nH]1. The number of benzene rings is 1. The van der Waals surface area contributed by atoms with Crippen LogP contribution >= 0.6 is 0 Å². The number of amides is 1. The highest BCUT2D eigenvalue weighted by atomic mass is 16.2. The maximum absolute atomic E-state index is 13.1. The first-order valence-corrected chi connectivity index (χ1v) is 10.2. The Bertz CT molecular complexity index is 751. The van der Waals surface area contributed by atoms with Gasteiger partial charge >= 0.3 is 0 Å². The molecule has 2 aliphatic rings. The highest BCUT2D eigenvalue weighted by Gasteiger charge is 2.35. The monoisotopic (exact) mass is 367 g/mol. The van der Waals surface area contributed by atoms with E-state index in [0.29, 0.717) is 11.8 Å². The second-order valence-electron chi connectivity index (χ2n) is 7.71. The molecule has 1 unspecified atom stereocenters. The van der Waals surface area contributed by atoms with Gasteiger partial charge in [0.2, 0.25) is 5.91 Å². The average molecular weight is 367 g/mol. The summed E-state index contributed by atoms with van der Waals surface area (Å²) in [5, 5.41) is 7.38. The molecule has 0 bridgehead atoms. The number of carbonyl (C=O) groups is 1. The lowest BCUT2D eigenvalue weighted by atomic mass is 9.95. The molecular formula is C21H29N5O. The first kappa shape index (κ1) is 18.2. The maximum atomic E-state index is 13.1. The van der Waals surface area contributed by atoms with Gasteiger partial charge in [0, 0.05) is 32.0 Å². The van der Waals surface area contributed by atoms with Crippen LogP contribution in [0.3, 0.4) is 0 Å². The van der Waals surface area contributed by atoms with Crippen molar-refractivity contribution in [1.29, 1.82) is 0 Å². The molecule has 1 aromatic carbocycles. The average Bonchev–Trinajstić information content (AvgIpc) is 3.38. The predicted molar refractivity (Wildman–Crippen MR) is 104 cm³/mol. The molecule has 27 heavy (non-hydrogen) atoms. The Morgan fingerprint density at radius 1 is 1.15 bits per heavy atom. The summed E-state index contributed by atoms with van der Waals surface area (Å²) < 4.78 is 0. The molecular weight excluding hydrogens is 338 g/mol. The summed E-state index contributed by atoms with van der Waals surface area (Å²) in [7, 11) is 0. The number of aromatic nitrogens is 3. The first-order valence-electron chi connectivity index (χ1n) is 10.2. The summed E-state index contributed by atoms with van der Waals surface area (Å²) in [5.74, 6) is 2.55. The van der Waals surface area contributed by atoms with Crippen molar-refractivity contribution in [2.45, 2.75) is 57.5 Å². The zero-order valence-electron chi connectivity index (χ0n) is 16.1. The smallest absolute Gasteiger partial charge is 0.239 e. The Kier molecular flexibility index (Phi) is 5.53. The van der Waals surface area contributed by atoms with Crippen molar-refractivity contribution < 1.29 is 4.79 Å². The van der Waals surface area contributed by atoms with Gasteiger partial charge in [-0.05, 0) is 37.8 Å². The van der Waals surface area contributed by atoms with Crippen molar-refractivity contribution >= 4 is 5.91 Å². The summed E-state index contributed by atoms with van der Waals surface area (Å²) in [4.78, 5) is 22.1. The Morgan fingerprint density at radius 3 is 2.63 bits per heavy atom. The van der Waals surface area contributed by atoms with E-state index < -0.39 is 0 Å². The number of nitrogens with zero attached hydrogens (tertiary/aromatic N) is 4. The molecule has 6 nitrogen and oxygen atoms in total. The van der Waals surface area contributed by atoms with Gasteiger partial charge in [0.1, 0.15) is 5.82 Å². The number of rotatable bonds is 5. The fraction of sp³-hybridized carbons (Fsp3) is 0.571. The van der Waals surface area contributed by atoms with Gasteiger partial charge in [-0.1, -0.05) is 37.3 Å². The van der Waals surface area contributed by atoms with Crippen LogP contribution < -0.4 is 0 Å². The Hall–Kier alpha value is -2.21. The largest absolute Gasteiger partial charge is 0.341 e. The van der Waals surface area contributed by atoms with E-state index in [2.05, 4.69) is 56.2 Å². The van der Waals surface area contributed by atoms with Gasteiger partial charge in [-0.2, -0.15) is 5.10 Å². The fourth-order valence-electron chi connectivity index (χ4n) is 4.33. The van der Waals surface area contributed by atoms with Gasteiger partial charge < -0.3 is 4.90 Å². The molecule has 2 aromatic rings. The van der Waals surface area contributed by atoms with Gasteiger partial charge in [-0.15, -0.1) is 0 Å². The number of likely N-dealkylation sites (tertiary alicyclic amines) is 2. The van der Waals surface area contributed by atoms with Crippen molar-refractivity contribution in [1.82, 2.24) is 25.0 Å². The van der Waals surface area contributed by atoms with Crippen LogP contribution in [0.25, 0.3) is 0 Å². The molecule has 1 amide bonds. The molecule has 144 valence electrons. The lowest BCUT2D eigenvalue weighted by Crippen LogP contribution is -2.48. The standard InChI is InChI=1S/C21H29N5O/c1-2-19-22-20(24-23-19)17-10-13-25(14-11-17)21(27)18-9-6-12-26(18)15-16-7-4-3-5-8-16/h3-5,7-8,17-18H,2,6,9-15H2,1H3,(H,22,23,24). The molecule has 2 aliphatic heterocycles. The topological polar surface area (TPSA) is 65.1 Å². The quantitative estimate of drug-likeness (QED) is 0.882. The molecule has 1 aromatic heterocycles. The van der Waals surface area contributed by atoms with E-state index in [4.69, 9.17) is 0 Å². The lowest BCUT2D eigenvalue weighted by molar-refractivity contribution is -0.137. The van der Waals surface area contributed by atoms with Crippen LogP contribution in [0, 0.1) is 0 Å². The molecule has 0 spiro atoms. The van der Waals surface area contributed by atoms with Crippen LogP contribution in [0.5, 0.6) is 0 Å². The minimum Gasteiger partial charge on any atom is -0.341 e. The number of carbonyl (C=O) groups excluding carboxylic acids is 1. The molecule has 2 saturated heterocycles. The molecule has 0 radical (unpaired) electrons. The maximum Gasteiger partial charge on any atom is 0.239 e. The zero-order chi connectivity index (χ0) is 18.6. The van der Waals surface area contributed by atoms with Crippen molar-refractivity contribution in [2.75, 3.05) is 19.6 Å². The van der Waals surface area contributed by atoms with E-state index in [0.717, 1.165) is 69.9 Å². The summed E-state index contributed by atoms with van der Waals surface area (Å²) in [6.07, 6.45) is 4.88. The molecule has 3 heterocycles.